The number of alkyl halides is 1. The first kappa shape index (κ1) is 14.5. The van der Waals surface area contributed by atoms with Crippen LogP contribution in [0.2, 0.25) is 0 Å². The number of rotatable bonds is 3. The lowest BCUT2D eigenvalue weighted by Gasteiger charge is -2.16. The third-order valence-corrected chi connectivity index (χ3v) is 3.86. The Morgan fingerprint density at radius 2 is 2.36 bits per heavy atom. The molecule has 1 atom stereocenters. The number of carbonyl (C=O) groups excluding carboxylic acids is 1. The molecule has 0 spiro atoms. The van der Waals surface area contributed by atoms with Gasteiger partial charge in [-0.3, -0.25) is 4.79 Å². The molecule has 0 bridgehead atoms. The van der Waals surface area contributed by atoms with Crippen molar-refractivity contribution < 1.29 is 9.18 Å². The predicted molar refractivity (Wildman–Crippen MR) is 83.0 cm³/mol. The van der Waals surface area contributed by atoms with Crippen molar-refractivity contribution >= 4 is 23.1 Å². The van der Waals surface area contributed by atoms with Crippen molar-refractivity contribution in [3.63, 3.8) is 0 Å². The highest BCUT2D eigenvalue weighted by Gasteiger charge is 2.25. The molecule has 22 heavy (non-hydrogen) atoms. The van der Waals surface area contributed by atoms with E-state index in [9.17, 15) is 9.18 Å². The molecule has 0 aliphatic carbocycles. The Morgan fingerprint density at radius 1 is 1.55 bits per heavy atom. The zero-order chi connectivity index (χ0) is 15.7. The van der Waals surface area contributed by atoms with Gasteiger partial charge < -0.3 is 20.9 Å². The van der Waals surface area contributed by atoms with Crippen LogP contribution in [-0.2, 0) is 4.79 Å². The summed E-state index contributed by atoms with van der Waals surface area (Å²) in [6.45, 7) is 3.10. The third kappa shape index (κ3) is 2.79. The Bertz CT molecular complexity index is 622. The molecule has 2 saturated heterocycles. The fourth-order valence-corrected chi connectivity index (χ4v) is 2.73. The second-order valence-electron chi connectivity index (χ2n) is 5.52. The van der Waals surface area contributed by atoms with E-state index >= 15 is 0 Å². The van der Waals surface area contributed by atoms with E-state index in [0.717, 1.165) is 11.5 Å². The van der Waals surface area contributed by atoms with Crippen molar-refractivity contribution in [3.05, 3.63) is 29.6 Å². The van der Waals surface area contributed by atoms with Gasteiger partial charge in [0.25, 0.3) is 5.91 Å². The van der Waals surface area contributed by atoms with Gasteiger partial charge >= 0.3 is 0 Å². The first-order chi connectivity index (χ1) is 10.5. The average molecular weight is 303 g/mol. The predicted octanol–water partition coefficient (Wildman–Crippen LogP) is 1.47. The molecule has 2 aliphatic rings. The Balaban J connectivity index is 1.72. The van der Waals surface area contributed by atoms with Gasteiger partial charge in [-0.1, -0.05) is 0 Å². The summed E-state index contributed by atoms with van der Waals surface area (Å²) >= 11 is 0. The van der Waals surface area contributed by atoms with Crippen LogP contribution < -0.4 is 15.5 Å². The fourth-order valence-electron chi connectivity index (χ4n) is 2.73. The molecule has 1 amide bonds. The van der Waals surface area contributed by atoms with E-state index in [0.29, 0.717) is 30.8 Å². The molecule has 0 radical (unpaired) electrons. The topological polar surface area (TPSA) is 81.1 Å². The number of hydrogen-bond acceptors (Lipinski definition) is 5. The van der Waals surface area contributed by atoms with Crippen LogP contribution in [0.3, 0.4) is 0 Å². The number of hydrogen-bond donors (Lipinski definition) is 3. The van der Waals surface area contributed by atoms with Crippen LogP contribution in [0.4, 0.5) is 15.9 Å². The zero-order valence-corrected chi connectivity index (χ0v) is 12.3. The molecule has 0 unspecified atom stereocenters. The maximum atomic E-state index is 13.2. The smallest absolute Gasteiger partial charge is 0.255 e. The van der Waals surface area contributed by atoms with Gasteiger partial charge in [0, 0.05) is 12.2 Å². The van der Waals surface area contributed by atoms with E-state index in [1.165, 1.54) is 0 Å². The van der Waals surface area contributed by atoms with Crippen LogP contribution in [0.25, 0.3) is 0 Å². The summed E-state index contributed by atoms with van der Waals surface area (Å²) in [6.07, 6.45) is 1.42. The van der Waals surface area contributed by atoms with Crippen molar-refractivity contribution in [2.75, 3.05) is 29.9 Å². The summed E-state index contributed by atoms with van der Waals surface area (Å²) in [4.78, 5) is 17.9. The quantitative estimate of drug-likeness (QED) is 0.739. The molecule has 2 aliphatic heterocycles. The van der Waals surface area contributed by atoms with Gasteiger partial charge in [0.05, 0.1) is 36.3 Å². The molecule has 1 aromatic rings. The minimum atomic E-state index is -0.779. The number of halogens is 1. The van der Waals surface area contributed by atoms with Crippen LogP contribution in [0, 0.1) is 5.41 Å². The number of carbonyl (C=O) groups is 1. The Labute approximate surface area is 127 Å². The minimum absolute atomic E-state index is 0.231. The minimum Gasteiger partial charge on any atom is -0.357 e. The van der Waals surface area contributed by atoms with E-state index in [2.05, 4.69) is 15.6 Å². The van der Waals surface area contributed by atoms with Gasteiger partial charge in [-0.2, -0.15) is 0 Å². The van der Waals surface area contributed by atoms with Crippen LogP contribution >= 0.6 is 0 Å². The van der Waals surface area contributed by atoms with Gasteiger partial charge in [-0.15, -0.1) is 0 Å². The molecule has 116 valence electrons. The maximum Gasteiger partial charge on any atom is 0.255 e. The second-order valence-corrected chi connectivity index (χ2v) is 5.52. The zero-order valence-electron chi connectivity index (χ0n) is 12.3. The van der Waals surface area contributed by atoms with Gasteiger partial charge in [-0.05, 0) is 25.5 Å². The summed E-state index contributed by atoms with van der Waals surface area (Å²) in [6, 6.07) is 3.67. The fraction of sp³-hybridized carbons (Fsp3) is 0.400. The van der Waals surface area contributed by atoms with Crippen LogP contribution in [0.15, 0.2) is 29.6 Å². The summed E-state index contributed by atoms with van der Waals surface area (Å²) < 4.78 is 13.2. The molecule has 3 rings (SSSR count). The first-order valence-corrected chi connectivity index (χ1v) is 7.23. The van der Waals surface area contributed by atoms with Gasteiger partial charge in [0.1, 0.15) is 12.0 Å². The van der Waals surface area contributed by atoms with Crippen molar-refractivity contribution in [1.29, 1.82) is 5.41 Å². The molecule has 0 aromatic carbocycles. The summed E-state index contributed by atoms with van der Waals surface area (Å²) in [7, 11) is 0. The third-order valence-electron chi connectivity index (χ3n) is 3.86. The molecule has 7 heteroatoms. The lowest BCUT2D eigenvalue weighted by atomic mass is 10.1. The average Bonchev–Trinajstić information content (AvgIpc) is 3.06. The molecular weight excluding hydrogens is 285 g/mol. The SMILES string of the molecule is C/C(Nc1ccc(N2CC[C@H](F)C2)nc1)=C1/C(=N)CNC1=O. The number of nitrogens with one attached hydrogen (secondary N) is 3. The van der Waals surface area contributed by atoms with E-state index < -0.39 is 6.17 Å². The maximum absolute atomic E-state index is 13.2. The van der Waals surface area contributed by atoms with E-state index in [4.69, 9.17) is 5.41 Å². The number of pyridine rings is 1. The van der Waals surface area contributed by atoms with E-state index in [1.54, 1.807) is 13.1 Å². The van der Waals surface area contributed by atoms with E-state index in [1.807, 2.05) is 17.0 Å². The van der Waals surface area contributed by atoms with Crippen molar-refractivity contribution in [3.8, 4) is 0 Å². The highest BCUT2D eigenvalue weighted by molar-refractivity contribution is 6.26. The number of allylic oxidation sites excluding steroid dienone is 1. The number of nitrogens with zero attached hydrogens (tertiary/aromatic N) is 2. The van der Waals surface area contributed by atoms with Crippen LogP contribution in [0.5, 0.6) is 0 Å². The Hall–Kier alpha value is -2.44. The molecule has 2 fully saturated rings. The van der Waals surface area contributed by atoms with Gasteiger partial charge in [-0.25, -0.2) is 9.37 Å². The molecule has 0 saturated carbocycles. The number of anilines is 2. The Morgan fingerprint density at radius 3 is 2.91 bits per heavy atom. The van der Waals surface area contributed by atoms with Crippen molar-refractivity contribution in [2.45, 2.75) is 19.5 Å². The van der Waals surface area contributed by atoms with Gasteiger partial charge in [0.2, 0.25) is 0 Å². The molecule has 3 heterocycles. The lowest BCUT2D eigenvalue weighted by Crippen LogP contribution is -2.21. The first-order valence-electron chi connectivity index (χ1n) is 7.23. The van der Waals surface area contributed by atoms with Gasteiger partial charge in [0.15, 0.2) is 0 Å². The standard InChI is InChI=1S/C15H18FN5O/c1-9(14-12(17)7-19-15(14)22)20-11-2-3-13(18-6-11)21-5-4-10(16)8-21/h2-3,6,10,17,20H,4-5,7-8H2,1H3,(H,19,22)/b14-9+,17-12?/t10-/m0/s1. The molecule has 1 aromatic heterocycles. The van der Waals surface area contributed by atoms with Crippen molar-refractivity contribution in [2.24, 2.45) is 0 Å². The van der Waals surface area contributed by atoms with E-state index in [-0.39, 0.29) is 18.2 Å². The number of amides is 1. The largest absolute Gasteiger partial charge is 0.357 e. The van der Waals surface area contributed by atoms with Crippen molar-refractivity contribution in [1.82, 2.24) is 10.3 Å². The van der Waals surface area contributed by atoms with Crippen LogP contribution in [0.1, 0.15) is 13.3 Å². The lowest BCUT2D eigenvalue weighted by molar-refractivity contribution is -0.116. The number of aromatic nitrogens is 1. The summed E-state index contributed by atoms with van der Waals surface area (Å²) in [5, 5.41) is 13.5. The Kier molecular flexibility index (Phi) is 3.79. The highest BCUT2D eigenvalue weighted by Crippen LogP contribution is 2.22. The highest BCUT2D eigenvalue weighted by atomic mass is 19.1. The summed E-state index contributed by atoms with van der Waals surface area (Å²) in [5.41, 5.74) is 2.02. The second kappa shape index (κ2) is 5.75. The molecule has 3 N–H and O–H groups in total. The summed E-state index contributed by atoms with van der Waals surface area (Å²) in [5.74, 6) is 0.521. The normalized spacial score (nSPS) is 23.7. The van der Waals surface area contributed by atoms with Crippen LogP contribution in [-0.4, -0.2) is 42.4 Å². The monoisotopic (exact) mass is 303 g/mol. The molecule has 6 nitrogen and oxygen atoms in total. The molecular formula is C15H18FN5O.